The van der Waals surface area contributed by atoms with Crippen LogP contribution in [-0.2, 0) is 19.1 Å². The van der Waals surface area contributed by atoms with Gasteiger partial charge in [-0.15, -0.1) is 0 Å². The fourth-order valence-electron chi connectivity index (χ4n) is 1.18. The lowest BCUT2D eigenvalue weighted by atomic mass is 10.5. The highest BCUT2D eigenvalue weighted by atomic mass is 16.5. The summed E-state index contributed by atoms with van der Waals surface area (Å²) in [5.74, 6) is -1.52. The zero-order valence-corrected chi connectivity index (χ0v) is 13.5. The smallest absolute Gasteiger partial charge is 0.340 e. The van der Waals surface area contributed by atoms with Crippen molar-refractivity contribution >= 4 is 36.4 Å². The molecule has 0 bridgehead atoms. The van der Waals surface area contributed by atoms with Crippen molar-refractivity contribution in [1.82, 2.24) is 10.6 Å². The summed E-state index contributed by atoms with van der Waals surface area (Å²) in [6.45, 7) is 3.26. The number of hydrogen-bond acceptors (Lipinski definition) is 6. The van der Waals surface area contributed by atoms with E-state index in [1.807, 2.05) is 0 Å². The Labute approximate surface area is 139 Å². The number of aliphatic imine (C=N–C) groups is 2. The predicted octanol–water partition coefficient (Wildman–Crippen LogP) is 0.230. The lowest BCUT2D eigenvalue weighted by Gasteiger charge is -2.03. The zero-order chi connectivity index (χ0) is 18.2. The monoisotopic (exact) mass is 340 g/mol. The number of amides is 4. The molecule has 4 amide bonds. The molecule has 0 saturated heterocycles. The minimum Gasteiger partial charge on any atom is -0.461 e. The number of urea groups is 2. The van der Waals surface area contributed by atoms with Gasteiger partial charge in [-0.05, 0) is 13.8 Å². The van der Waals surface area contributed by atoms with Crippen LogP contribution >= 0.6 is 0 Å². The molecule has 10 heteroatoms. The summed E-state index contributed by atoms with van der Waals surface area (Å²) in [5.41, 5.74) is 0. The minimum absolute atomic E-state index is 0.0623. The summed E-state index contributed by atoms with van der Waals surface area (Å²) in [6.07, 6.45) is 4.46. The Morgan fingerprint density at radius 3 is 1.50 bits per heavy atom. The van der Waals surface area contributed by atoms with Gasteiger partial charge in [0, 0.05) is 24.6 Å². The number of carbonyl (C=O) groups excluding carboxylic acids is 4. The van der Waals surface area contributed by atoms with Crippen LogP contribution in [0.25, 0.3) is 0 Å². The lowest BCUT2D eigenvalue weighted by Crippen LogP contribution is -2.25. The van der Waals surface area contributed by atoms with E-state index in [0.717, 1.165) is 12.2 Å². The van der Waals surface area contributed by atoms with Crippen LogP contribution in [0, 0.1) is 0 Å². The molecule has 0 aromatic carbocycles. The van der Waals surface area contributed by atoms with Gasteiger partial charge in [0.1, 0.15) is 13.2 Å². The van der Waals surface area contributed by atoms with Crippen molar-refractivity contribution < 1.29 is 28.7 Å². The fraction of sp³-hybridized carbons (Fsp3) is 0.429. The summed E-state index contributed by atoms with van der Waals surface area (Å²) in [4.78, 5) is 51.3. The van der Waals surface area contributed by atoms with E-state index in [0.29, 0.717) is 0 Å². The van der Waals surface area contributed by atoms with Gasteiger partial charge in [0.15, 0.2) is 0 Å². The molecular formula is C14H20N4O6. The molecule has 0 fully saturated rings. The highest BCUT2D eigenvalue weighted by Gasteiger charge is 2.02. The van der Waals surface area contributed by atoms with E-state index in [9.17, 15) is 19.2 Å². The molecule has 0 heterocycles. The highest BCUT2D eigenvalue weighted by Crippen LogP contribution is 1.86. The average molecular weight is 340 g/mol. The average Bonchev–Trinajstić information content (AvgIpc) is 2.54. The first-order valence-electron chi connectivity index (χ1n) is 7.04. The maximum atomic E-state index is 11.3. The van der Waals surface area contributed by atoms with Gasteiger partial charge in [0.25, 0.3) is 0 Å². The number of carbonyl (C=O) groups is 4. The largest absolute Gasteiger partial charge is 0.461 e. The Bertz CT molecular complexity index is 481. The maximum Gasteiger partial charge on any atom is 0.340 e. The topological polar surface area (TPSA) is 136 Å². The van der Waals surface area contributed by atoms with Gasteiger partial charge < -0.3 is 20.1 Å². The van der Waals surface area contributed by atoms with Crippen LogP contribution in [0.4, 0.5) is 9.59 Å². The van der Waals surface area contributed by atoms with Gasteiger partial charge in [0.05, 0.1) is 13.1 Å². The van der Waals surface area contributed by atoms with Crippen molar-refractivity contribution in [3.05, 3.63) is 12.2 Å². The fourth-order valence-corrected chi connectivity index (χ4v) is 1.18. The molecule has 0 saturated carbocycles. The predicted molar refractivity (Wildman–Crippen MR) is 86.2 cm³/mol. The first-order valence-corrected chi connectivity index (χ1v) is 7.04. The third-order valence-corrected chi connectivity index (χ3v) is 2.09. The third kappa shape index (κ3) is 12.7. The normalized spacial score (nSPS) is 10.9. The van der Waals surface area contributed by atoms with Crippen LogP contribution in [0.3, 0.4) is 0 Å². The second kappa shape index (κ2) is 13.6. The number of hydrogen-bond donors (Lipinski definition) is 2. The van der Waals surface area contributed by atoms with Gasteiger partial charge in [-0.25, -0.2) is 29.2 Å². The molecule has 0 aliphatic rings. The number of nitrogens with one attached hydrogen (secondary N) is 2. The number of ether oxygens (including phenoxy) is 2. The number of nitrogens with zero attached hydrogens (tertiary/aromatic N) is 2. The van der Waals surface area contributed by atoms with Crippen molar-refractivity contribution in [2.24, 2.45) is 9.98 Å². The third-order valence-electron chi connectivity index (χ3n) is 2.09. The molecule has 0 atom stereocenters. The van der Waals surface area contributed by atoms with Crippen molar-refractivity contribution in [2.75, 3.05) is 26.3 Å². The molecule has 132 valence electrons. The van der Waals surface area contributed by atoms with Gasteiger partial charge in [-0.3, -0.25) is 0 Å². The molecule has 0 spiro atoms. The zero-order valence-electron chi connectivity index (χ0n) is 13.5. The van der Waals surface area contributed by atoms with Gasteiger partial charge >= 0.3 is 24.0 Å². The lowest BCUT2D eigenvalue weighted by molar-refractivity contribution is -0.140. The van der Waals surface area contributed by atoms with Crippen LogP contribution in [-0.4, -0.2) is 62.7 Å². The molecule has 0 aromatic rings. The first kappa shape index (κ1) is 21.0. The molecule has 0 unspecified atom stereocenters. The van der Waals surface area contributed by atoms with Crippen LogP contribution in [0.1, 0.15) is 13.8 Å². The van der Waals surface area contributed by atoms with E-state index in [4.69, 9.17) is 9.47 Å². The quantitative estimate of drug-likeness (QED) is 0.281. The minimum atomic E-state index is -0.759. The van der Waals surface area contributed by atoms with Crippen molar-refractivity contribution in [2.45, 2.75) is 13.8 Å². The van der Waals surface area contributed by atoms with E-state index >= 15 is 0 Å². The Kier molecular flexibility index (Phi) is 11.9. The summed E-state index contributed by atoms with van der Waals surface area (Å²) in [7, 11) is 0. The molecule has 0 aliphatic carbocycles. The second-order valence-corrected chi connectivity index (χ2v) is 3.91. The Morgan fingerprint density at radius 1 is 0.792 bits per heavy atom. The van der Waals surface area contributed by atoms with Crippen LogP contribution < -0.4 is 10.6 Å². The van der Waals surface area contributed by atoms with Crippen molar-refractivity contribution in [1.29, 1.82) is 0 Å². The Balaban J connectivity index is 3.79. The first-order chi connectivity index (χ1) is 11.5. The SMILES string of the molecule is CC=NC(=O)NCCOC(=O)/C=C\C(=O)OCCNC(=O)N=CC. The second-order valence-electron chi connectivity index (χ2n) is 3.91. The van der Waals surface area contributed by atoms with E-state index in [-0.39, 0.29) is 26.3 Å². The molecule has 10 nitrogen and oxygen atoms in total. The molecule has 0 radical (unpaired) electrons. The molecule has 0 aromatic heterocycles. The van der Waals surface area contributed by atoms with E-state index < -0.39 is 24.0 Å². The summed E-state index contributed by atoms with van der Waals surface area (Å²) >= 11 is 0. The van der Waals surface area contributed by atoms with Gasteiger partial charge in [0.2, 0.25) is 0 Å². The number of rotatable bonds is 8. The summed E-state index contributed by atoms with van der Waals surface area (Å²) in [6, 6.07) is -1.08. The van der Waals surface area contributed by atoms with E-state index in [1.165, 1.54) is 12.4 Å². The highest BCUT2D eigenvalue weighted by molar-refractivity contribution is 5.91. The molecule has 0 rings (SSSR count). The van der Waals surface area contributed by atoms with Crippen LogP contribution in [0.15, 0.2) is 22.1 Å². The van der Waals surface area contributed by atoms with Gasteiger partial charge in [-0.2, -0.15) is 0 Å². The van der Waals surface area contributed by atoms with Gasteiger partial charge in [-0.1, -0.05) is 0 Å². The molecule has 24 heavy (non-hydrogen) atoms. The Morgan fingerprint density at radius 2 is 1.17 bits per heavy atom. The number of esters is 2. The van der Waals surface area contributed by atoms with E-state index in [1.54, 1.807) is 13.8 Å². The standard InChI is InChI=1S/C14H20N4O6/c1-3-15-13(21)17-7-9-23-11(19)5-6-12(20)24-10-8-18-14(22)16-4-2/h3-6H,7-10H2,1-2H3,(H,17,21)(H,18,22)/b6-5-,15-3?,16-4?. The molecule has 0 aliphatic heterocycles. The van der Waals surface area contributed by atoms with E-state index in [2.05, 4.69) is 20.6 Å². The maximum absolute atomic E-state index is 11.3. The van der Waals surface area contributed by atoms with Crippen molar-refractivity contribution in [3.63, 3.8) is 0 Å². The molecular weight excluding hydrogens is 320 g/mol. The Hall–Kier alpha value is -3.04. The van der Waals surface area contributed by atoms with Crippen molar-refractivity contribution in [3.8, 4) is 0 Å². The summed E-state index contributed by atoms with van der Waals surface area (Å²) in [5, 5.41) is 4.76. The van der Waals surface area contributed by atoms with Crippen LogP contribution in [0.2, 0.25) is 0 Å². The summed E-state index contributed by atoms with van der Waals surface area (Å²) < 4.78 is 9.46. The van der Waals surface area contributed by atoms with Crippen LogP contribution in [0.5, 0.6) is 0 Å². The molecule has 2 N–H and O–H groups in total.